The standard InChI is InChI=1S/C12H20N2OS/c1-9(2)14-6-4-3-5-11(14)12-13-7-10(8-15)16-12/h7,9,11,15H,3-6,8H2,1-2H3. The van der Waals surface area contributed by atoms with Gasteiger partial charge in [-0.3, -0.25) is 4.90 Å². The average Bonchev–Trinajstić information content (AvgIpc) is 2.77. The topological polar surface area (TPSA) is 36.4 Å². The Morgan fingerprint density at radius 3 is 3.00 bits per heavy atom. The molecule has 90 valence electrons. The molecule has 0 aromatic carbocycles. The fourth-order valence-corrected chi connectivity index (χ4v) is 3.32. The van der Waals surface area contributed by atoms with E-state index in [1.807, 2.05) is 6.20 Å². The van der Waals surface area contributed by atoms with Crippen LogP contribution in [0, 0.1) is 0 Å². The maximum atomic E-state index is 9.08. The highest BCUT2D eigenvalue weighted by Gasteiger charge is 2.27. The second-order valence-electron chi connectivity index (χ2n) is 4.67. The van der Waals surface area contributed by atoms with Crippen LogP contribution >= 0.6 is 11.3 Å². The lowest BCUT2D eigenvalue weighted by molar-refractivity contribution is 0.112. The molecule has 1 aliphatic heterocycles. The number of piperidine rings is 1. The van der Waals surface area contributed by atoms with Gasteiger partial charge in [0.1, 0.15) is 5.01 Å². The zero-order valence-corrected chi connectivity index (χ0v) is 10.8. The quantitative estimate of drug-likeness (QED) is 0.882. The van der Waals surface area contributed by atoms with Crippen LogP contribution in [-0.2, 0) is 6.61 Å². The Balaban J connectivity index is 2.16. The third kappa shape index (κ3) is 2.44. The molecular formula is C12H20N2OS. The van der Waals surface area contributed by atoms with Gasteiger partial charge in [-0.2, -0.15) is 0 Å². The first-order valence-electron chi connectivity index (χ1n) is 6.03. The molecule has 0 amide bonds. The van der Waals surface area contributed by atoms with Crippen LogP contribution in [0.15, 0.2) is 6.20 Å². The Morgan fingerprint density at radius 1 is 1.56 bits per heavy atom. The summed E-state index contributed by atoms with van der Waals surface area (Å²) in [6, 6.07) is 1.05. The summed E-state index contributed by atoms with van der Waals surface area (Å²) in [6.07, 6.45) is 5.61. The first-order valence-corrected chi connectivity index (χ1v) is 6.85. The number of nitrogens with zero attached hydrogens (tertiary/aromatic N) is 2. The van der Waals surface area contributed by atoms with Crippen LogP contribution in [0.25, 0.3) is 0 Å². The van der Waals surface area contributed by atoms with Gasteiger partial charge in [-0.25, -0.2) is 4.98 Å². The summed E-state index contributed by atoms with van der Waals surface area (Å²) in [5.74, 6) is 0. The highest BCUT2D eigenvalue weighted by atomic mass is 32.1. The molecule has 1 N–H and O–H groups in total. The van der Waals surface area contributed by atoms with E-state index in [9.17, 15) is 0 Å². The molecule has 4 heteroatoms. The van der Waals surface area contributed by atoms with Gasteiger partial charge in [-0.1, -0.05) is 6.42 Å². The van der Waals surface area contributed by atoms with E-state index in [4.69, 9.17) is 5.11 Å². The number of thiazole rings is 1. The minimum atomic E-state index is 0.117. The van der Waals surface area contributed by atoms with E-state index in [1.54, 1.807) is 11.3 Å². The molecule has 1 fully saturated rings. The highest BCUT2D eigenvalue weighted by molar-refractivity contribution is 7.11. The first-order chi connectivity index (χ1) is 7.72. The molecule has 0 spiro atoms. The average molecular weight is 240 g/mol. The summed E-state index contributed by atoms with van der Waals surface area (Å²) >= 11 is 1.66. The van der Waals surface area contributed by atoms with Crippen molar-refractivity contribution in [3.05, 3.63) is 16.1 Å². The van der Waals surface area contributed by atoms with Crippen molar-refractivity contribution in [1.82, 2.24) is 9.88 Å². The number of likely N-dealkylation sites (tertiary alicyclic amines) is 1. The number of hydrogen-bond donors (Lipinski definition) is 1. The number of aliphatic hydroxyl groups is 1. The lowest BCUT2D eigenvalue weighted by atomic mass is 10.0. The minimum Gasteiger partial charge on any atom is -0.391 e. The number of aromatic nitrogens is 1. The fraction of sp³-hybridized carbons (Fsp3) is 0.750. The van der Waals surface area contributed by atoms with E-state index in [0.29, 0.717) is 12.1 Å². The highest BCUT2D eigenvalue weighted by Crippen LogP contribution is 2.34. The number of hydrogen-bond acceptors (Lipinski definition) is 4. The molecule has 1 aromatic rings. The molecule has 0 radical (unpaired) electrons. The van der Waals surface area contributed by atoms with Crippen molar-refractivity contribution in [3.8, 4) is 0 Å². The third-order valence-electron chi connectivity index (χ3n) is 3.22. The minimum absolute atomic E-state index is 0.117. The van der Waals surface area contributed by atoms with Crippen molar-refractivity contribution < 1.29 is 5.11 Å². The van der Waals surface area contributed by atoms with Crippen LogP contribution < -0.4 is 0 Å². The zero-order valence-electron chi connectivity index (χ0n) is 10.0. The van der Waals surface area contributed by atoms with E-state index in [-0.39, 0.29) is 6.61 Å². The third-order valence-corrected chi connectivity index (χ3v) is 4.30. The van der Waals surface area contributed by atoms with E-state index >= 15 is 0 Å². The predicted octanol–water partition coefficient (Wildman–Crippen LogP) is 2.57. The first kappa shape index (κ1) is 12.0. The Kier molecular flexibility index (Phi) is 3.95. The summed E-state index contributed by atoms with van der Waals surface area (Å²) in [5, 5.41) is 10.3. The van der Waals surface area contributed by atoms with E-state index in [1.165, 1.54) is 30.8 Å². The second kappa shape index (κ2) is 5.25. The molecule has 1 saturated heterocycles. The Hall–Kier alpha value is -0.450. The van der Waals surface area contributed by atoms with E-state index < -0.39 is 0 Å². The Labute approximate surface area is 101 Å². The van der Waals surface area contributed by atoms with Crippen LogP contribution in [0.4, 0.5) is 0 Å². The molecule has 0 saturated carbocycles. The maximum absolute atomic E-state index is 9.08. The molecule has 3 nitrogen and oxygen atoms in total. The maximum Gasteiger partial charge on any atom is 0.110 e. The van der Waals surface area contributed by atoms with Gasteiger partial charge in [-0.05, 0) is 33.2 Å². The zero-order chi connectivity index (χ0) is 11.5. The smallest absolute Gasteiger partial charge is 0.110 e. The summed E-state index contributed by atoms with van der Waals surface area (Å²) in [4.78, 5) is 7.97. The molecule has 1 aromatic heterocycles. The van der Waals surface area contributed by atoms with Gasteiger partial charge in [0, 0.05) is 12.2 Å². The second-order valence-corrected chi connectivity index (χ2v) is 5.81. The van der Waals surface area contributed by atoms with Crippen molar-refractivity contribution in [1.29, 1.82) is 0 Å². The molecule has 2 heterocycles. The lowest BCUT2D eigenvalue weighted by Crippen LogP contribution is -2.38. The number of rotatable bonds is 3. The summed E-state index contributed by atoms with van der Waals surface area (Å²) in [7, 11) is 0. The van der Waals surface area contributed by atoms with Crippen LogP contribution in [0.2, 0.25) is 0 Å². The molecule has 0 aliphatic carbocycles. The monoisotopic (exact) mass is 240 g/mol. The van der Waals surface area contributed by atoms with Crippen LogP contribution in [-0.4, -0.2) is 27.6 Å². The molecule has 1 unspecified atom stereocenters. The number of aliphatic hydroxyl groups excluding tert-OH is 1. The van der Waals surface area contributed by atoms with Crippen molar-refractivity contribution in [2.75, 3.05) is 6.54 Å². The summed E-state index contributed by atoms with van der Waals surface area (Å²) in [5.41, 5.74) is 0. The van der Waals surface area contributed by atoms with Crippen molar-refractivity contribution in [2.24, 2.45) is 0 Å². The SMILES string of the molecule is CC(C)N1CCCCC1c1ncc(CO)s1. The van der Waals surface area contributed by atoms with E-state index in [0.717, 1.165) is 4.88 Å². The Bertz CT molecular complexity index is 338. The molecule has 2 rings (SSSR count). The lowest BCUT2D eigenvalue weighted by Gasteiger charge is -2.37. The van der Waals surface area contributed by atoms with E-state index in [2.05, 4.69) is 23.7 Å². The Morgan fingerprint density at radius 2 is 2.38 bits per heavy atom. The summed E-state index contributed by atoms with van der Waals surface area (Å²) < 4.78 is 0. The van der Waals surface area contributed by atoms with Gasteiger partial charge in [0.2, 0.25) is 0 Å². The normalized spacial score (nSPS) is 22.9. The van der Waals surface area contributed by atoms with Gasteiger partial charge in [0.25, 0.3) is 0 Å². The summed E-state index contributed by atoms with van der Waals surface area (Å²) in [6.45, 7) is 5.79. The van der Waals surface area contributed by atoms with Gasteiger partial charge >= 0.3 is 0 Å². The van der Waals surface area contributed by atoms with Gasteiger partial charge < -0.3 is 5.11 Å². The van der Waals surface area contributed by atoms with Crippen molar-refractivity contribution in [3.63, 3.8) is 0 Å². The predicted molar refractivity (Wildman–Crippen MR) is 66.5 cm³/mol. The largest absolute Gasteiger partial charge is 0.391 e. The van der Waals surface area contributed by atoms with Gasteiger partial charge in [-0.15, -0.1) is 11.3 Å². The van der Waals surface area contributed by atoms with Gasteiger partial charge in [0.05, 0.1) is 17.5 Å². The van der Waals surface area contributed by atoms with Crippen molar-refractivity contribution in [2.45, 2.75) is 51.8 Å². The molecule has 1 aliphatic rings. The van der Waals surface area contributed by atoms with Crippen LogP contribution in [0.3, 0.4) is 0 Å². The van der Waals surface area contributed by atoms with Crippen molar-refractivity contribution >= 4 is 11.3 Å². The van der Waals surface area contributed by atoms with Gasteiger partial charge in [0.15, 0.2) is 0 Å². The molecule has 0 bridgehead atoms. The molecule has 16 heavy (non-hydrogen) atoms. The fourth-order valence-electron chi connectivity index (χ4n) is 2.39. The van der Waals surface area contributed by atoms with Crippen LogP contribution in [0.1, 0.15) is 49.0 Å². The van der Waals surface area contributed by atoms with Crippen LogP contribution in [0.5, 0.6) is 0 Å². The molecule has 1 atom stereocenters. The molecular weight excluding hydrogens is 220 g/mol.